The first kappa shape index (κ1) is 24.7. The third kappa shape index (κ3) is 6.61. The van der Waals surface area contributed by atoms with Crippen molar-refractivity contribution in [3.8, 4) is 0 Å². The predicted octanol–water partition coefficient (Wildman–Crippen LogP) is 2.76. The van der Waals surface area contributed by atoms with Crippen LogP contribution in [0.5, 0.6) is 0 Å². The lowest BCUT2D eigenvalue weighted by molar-refractivity contribution is -0.149. The predicted molar refractivity (Wildman–Crippen MR) is 116 cm³/mol. The van der Waals surface area contributed by atoms with Gasteiger partial charge in [0, 0.05) is 12.2 Å². The fourth-order valence-corrected chi connectivity index (χ4v) is 4.37. The smallest absolute Gasteiger partial charge is 0.389 e. The van der Waals surface area contributed by atoms with Crippen LogP contribution in [0.2, 0.25) is 0 Å². The number of anilines is 1. The van der Waals surface area contributed by atoms with Crippen LogP contribution < -0.4 is 10.6 Å². The zero-order valence-electron chi connectivity index (χ0n) is 18.7. The molecule has 4 atom stereocenters. The first-order chi connectivity index (χ1) is 16.2. The molecule has 0 bridgehead atoms. The highest BCUT2D eigenvalue weighted by atomic mass is 19.4. The molecule has 1 aliphatic carbocycles. The summed E-state index contributed by atoms with van der Waals surface area (Å²) in [6, 6.07) is 3.23. The van der Waals surface area contributed by atoms with Gasteiger partial charge in [0.05, 0.1) is 50.0 Å². The van der Waals surface area contributed by atoms with Crippen molar-refractivity contribution in [2.75, 3.05) is 31.6 Å². The summed E-state index contributed by atoms with van der Waals surface area (Å²) in [6.07, 6.45) is -2.53. The van der Waals surface area contributed by atoms with Gasteiger partial charge in [-0.2, -0.15) is 13.2 Å². The van der Waals surface area contributed by atoms with E-state index in [0.717, 1.165) is 25.0 Å². The van der Waals surface area contributed by atoms with Crippen LogP contribution in [0.15, 0.2) is 24.3 Å². The lowest BCUT2D eigenvalue weighted by atomic mass is 9.95. The molecule has 8 nitrogen and oxygen atoms in total. The molecule has 3 fully saturated rings. The number of urea groups is 1. The maximum absolute atomic E-state index is 13.0. The van der Waals surface area contributed by atoms with E-state index in [2.05, 4.69) is 10.6 Å². The highest BCUT2D eigenvalue weighted by Gasteiger charge is 2.40. The number of benzene rings is 1. The lowest BCUT2D eigenvalue weighted by Gasteiger charge is -2.44. The second-order valence-electron chi connectivity index (χ2n) is 9.24. The zero-order valence-corrected chi connectivity index (χ0v) is 18.7. The lowest BCUT2D eigenvalue weighted by Crippen LogP contribution is -2.58. The number of hydrogen-bond acceptors (Lipinski definition) is 5. The number of halogens is 3. The Labute approximate surface area is 195 Å². The zero-order chi connectivity index (χ0) is 24.3. The number of alkyl halides is 3. The highest BCUT2D eigenvalue weighted by molar-refractivity contribution is 5.89. The molecule has 4 rings (SSSR count). The fourth-order valence-electron chi connectivity index (χ4n) is 4.37. The van der Waals surface area contributed by atoms with E-state index >= 15 is 0 Å². The molecule has 188 valence electrons. The van der Waals surface area contributed by atoms with Gasteiger partial charge in [-0.05, 0) is 55.9 Å². The second-order valence-corrected chi connectivity index (χ2v) is 9.24. The number of aliphatic hydroxyl groups excluding tert-OH is 1. The molecule has 1 aromatic carbocycles. The minimum atomic E-state index is -4.46. The SMILES string of the molecule is O=C(C[C@H]1CC[C@H]2[C@@H](COC[C@@H](O)CN2C(=O)Nc2ccc(C(F)(F)F)cc2)O1)NCC1CC1. The van der Waals surface area contributed by atoms with Crippen LogP contribution in [0.3, 0.4) is 0 Å². The van der Waals surface area contributed by atoms with Crippen LogP contribution >= 0.6 is 0 Å². The van der Waals surface area contributed by atoms with Crippen LogP contribution in [0.25, 0.3) is 0 Å². The molecule has 2 aliphatic heterocycles. The quantitative estimate of drug-likeness (QED) is 0.596. The first-order valence-corrected chi connectivity index (χ1v) is 11.6. The number of ether oxygens (including phenoxy) is 2. The molecule has 3 aliphatic rings. The van der Waals surface area contributed by atoms with Gasteiger partial charge >= 0.3 is 12.2 Å². The Hall–Kier alpha value is -2.37. The molecule has 11 heteroatoms. The summed E-state index contributed by atoms with van der Waals surface area (Å²) in [5.74, 6) is 0.525. The number of amides is 3. The van der Waals surface area contributed by atoms with Crippen LogP contribution in [-0.2, 0) is 20.4 Å². The van der Waals surface area contributed by atoms with E-state index in [0.29, 0.717) is 25.3 Å². The van der Waals surface area contributed by atoms with E-state index in [4.69, 9.17) is 9.47 Å². The Balaban J connectivity index is 1.38. The summed E-state index contributed by atoms with van der Waals surface area (Å²) < 4.78 is 50.1. The van der Waals surface area contributed by atoms with Crippen molar-refractivity contribution in [3.63, 3.8) is 0 Å². The molecule has 1 aromatic rings. The molecule has 3 amide bonds. The molecular formula is C23H30F3N3O5. The average Bonchev–Trinajstić information content (AvgIpc) is 3.60. The monoisotopic (exact) mass is 485 g/mol. The summed E-state index contributed by atoms with van der Waals surface area (Å²) >= 11 is 0. The van der Waals surface area contributed by atoms with Gasteiger partial charge in [-0.1, -0.05) is 0 Å². The summed E-state index contributed by atoms with van der Waals surface area (Å²) in [5, 5.41) is 15.8. The topological polar surface area (TPSA) is 100 Å². The van der Waals surface area contributed by atoms with E-state index in [9.17, 15) is 27.9 Å². The number of carbonyl (C=O) groups is 2. The third-order valence-corrected chi connectivity index (χ3v) is 6.40. The molecule has 2 saturated heterocycles. The van der Waals surface area contributed by atoms with E-state index < -0.39 is 36.0 Å². The van der Waals surface area contributed by atoms with Crippen molar-refractivity contribution in [3.05, 3.63) is 29.8 Å². The van der Waals surface area contributed by atoms with Crippen molar-refractivity contribution in [2.45, 2.75) is 62.6 Å². The van der Waals surface area contributed by atoms with Gasteiger partial charge in [0.15, 0.2) is 0 Å². The molecular weight excluding hydrogens is 455 g/mol. The van der Waals surface area contributed by atoms with Crippen LogP contribution in [0.1, 0.15) is 37.7 Å². The molecule has 34 heavy (non-hydrogen) atoms. The normalized spacial score (nSPS) is 27.8. The Bertz CT molecular complexity index is 862. The van der Waals surface area contributed by atoms with E-state index in [-0.39, 0.29) is 43.9 Å². The van der Waals surface area contributed by atoms with Crippen molar-refractivity contribution in [1.29, 1.82) is 0 Å². The second kappa shape index (κ2) is 10.5. The van der Waals surface area contributed by atoms with Crippen molar-refractivity contribution in [2.24, 2.45) is 5.92 Å². The maximum atomic E-state index is 13.0. The van der Waals surface area contributed by atoms with Gasteiger partial charge in [0.2, 0.25) is 5.91 Å². The molecule has 2 heterocycles. The minimum absolute atomic E-state index is 0.0104. The summed E-state index contributed by atoms with van der Waals surface area (Å²) in [7, 11) is 0. The van der Waals surface area contributed by atoms with Crippen molar-refractivity contribution in [1.82, 2.24) is 10.2 Å². The van der Waals surface area contributed by atoms with Crippen LogP contribution in [0.4, 0.5) is 23.7 Å². The fraction of sp³-hybridized carbons (Fsp3) is 0.652. The van der Waals surface area contributed by atoms with Crippen LogP contribution in [-0.4, -0.2) is 72.6 Å². The van der Waals surface area contributed by atoms with Gasteiger partial charge in [-0.15, -0.1) is 0 Å². The number of β-amino-alcohol motifs (C(OH)–C–C–N with tert-alkyl or cyclic N) is 1. The molecule has 3 N–H and O–H groups in total. The van der Waals surface area contributed by atoms with Gasteiger partial charge in [0.1, 0.15) is 6.10 Å². The Morgan fingerprint density at radius 2 is 1.82 bits per heavy atom. The largest absolute Gasteiger partial charge is 0.416 e. The van der Waals surface area contributed by atoms with E-state index in [1.807, 2.05) is 0 Å². The number of aliphatic hydroxyl groups is 1. The minimum Gasteiger partial charge on any atom is -0.389 e. The first-order valence-electron chi connectivity index (χ1n) is 11.6. The standard InChI is InChI=1S/C23H30F3N3O5/c24-23(25,26)15-3-5-16(6-4-15)28-22(32)29-11-17(30)12-33-13-20-19(29)8-7-18(34-20)9-21(31)27-10-14-1-2-14/h3-6,14,17-20,30H,1-2,7-13H2,(H,27,31)(H,28,32)/t17-,18+,19-,20+/m0/s1. The van der Waals surface area contributed by atoms with Gasteiger partial charge in [-0.3, -0.25) is 4.79 Å². The van der Waals surface area contributed by atoms with Gasteiger partial charge in [0.25, 0.3) is 0 Å². The number of rotatable bonds is 5. The van der Waals surface area contributed by atoms with Crippen molar-refractivity contribution < 1.29 is 37.3 Å². The molecule has 1 saturated carbocycles. The van der Waals surface area contributed by atoms with E-state index in [1.165, 1.54) is 17.0 Å². The molecule has 0 aromatic heterocycles. The maximum Gasteiger partial charge on any atom is 0.416 e. The Kier molecular flexibility index (Phi) is 7.63. The number of carbonyl (C=O) groups excluding carboxylic acids is 2. The average molecular weight is 486 g/mol. The Morgan fingerprint density at radius 1 is 1.09 bits per heavy atom. The van der Waals surface area contributed by atoms with Gasteiger partial charge in [-0.25, -0.2) is 4.79 Å². The molecule has 0 spiro atoms. The number of fused-ring (bicyclic) bond motifs is 1. The molecule has 0 unspecified atom stereocenters. The number of nitrogens with zero attached hydrogens (tertiary/aromatic N) is 1. The molecule has 0 radical (unpaired) electrons. The van der Waals surface area contributed by atoms with Gasteiger partial charge < -0.3 is 30.1 Å². The summed E-state index contributed by atoms with van der Waals surface area (Å²) in [5.41, 5.74) is -0.596. The van der Waals surface area contributed by atoms with Crippen molar-refractivity contribution >= 4 is 17.6 Å². The van der Waals surface area contributed by atoms with E-state index in [1.54, 1.807) is 0 Å². The number of nitrogens with one attached hydrogen (secondary N) is 2. The van der Waals surface area contributed by atoms with Crippen LogP contribution in [0, 0.1) is 5.92 Å². The highest BCUT2D eigenvalue weighted by Crippen LogP contribution is 2.31. The summed E-state index contributed by atoms with van der Waals surface area (Å²) in [6.45, 7) is 0.856. The third-order valence-electron chi connectivity index (χ3n) is 6.40. The summed E-state index contributed by atoms with van der Waals surface area (Å²) in [4.78, 5) is 26.7. The number of hydrogen-bond donors (Lipinski definition) is 3. The Morgan fingerprint density at radius 3 is 2.50 bits per heavy atom.